The van der Waals surface area contributed by atoms with E-state index < -0.39 is 0 Å². The lowest BCUT2D eigenvalue weighted by atomic mass is 9.94. The molecule has 3 rings (SSSR count). The summed E-state index contributed by atoms with van der Waals surface area (Å²) in [7, 11) is 0. The summed E-state index contributed by atoms with van der Waals surface area (Å²) in [4.78, 5) is 14.7. The van der Waals surface area contributed by atoms with Crippen molar-refractivity contribution >= 4 is 34.8 Å². The smallest absolute Gasteiger partial charge is 0.256 e. The molecule has 2 aliphatic rings. The van der Waals surface area contributed by atoms with Gasteiger partial charge in [-0.2, -0.15) is 0 Å². The summed E-state index contributed by atoms with van der Waals surface area (Å²) in [6.45, 7) is 4.71. The van der Waals surface area contributed by atoms with Crippen LogP contribution in [0.5, 0.6) is 0 Å². The third kappa shape index (κ3) is 1.98. The summed E-state index contributed by atoms with van der Waals surface area (Å²) >= 11 is 12.3. The van der Waals surface area contributed by atoms with Gasteiger partial charge in [0.15, 0.2) is 0 Å². The van der Waals surface area contributed by atoms with Crippen LogP contribution in [0.25, 0.3) is 0 Å². The molecule has 4 nitrogen and oxygen atoms in total. The van der Waals surface area contributed by atoms with E-state index in [1.54, 1.807) is 6.07 Å². The van der Waals surface area contributed by atoms with Crippen LogP contribution in [0.3, 0.4) is 0 Å². The number of anilines is 1. The van der Waals surface area contributed by atoms with Crippen molar-refractivity contribution in [2.45, 2.75) is 25.4 Å². The highest BCUT2D eigenvalue weighted by atomic mass is 35.5. The molecule has 1 saturated heterocycles. The van der Waals surface area contributed by atoms with Gasteiger partial charge in [-0.3, -0.25) is 4.79 Å². The standard InChI is InChI=1S/C14H17Cl2N3O/c1-2-14-5-6-17-7-8-19(14)10-4-3-9(15)12(16)11(10)13(20)18-14/h3-4,17H,2,5-8H2,1H3,(H,18,20)/t14-/m1/s1. The van der Waals surface area contributed by atoms with Gasteiger partial charge in [0, 0.05) is 19.5 Å². The molecule has 0 bridgehead atoms. The second-order valence-electron chi connectivity index (χ2n) is 5.25. The Morgan fingerprint density at radius 2 is 2.15 bits per heavy atom. The second-order valence-corrected chi connectivity index (χ2v) is 6.03. The van der Waals surface area contributed by atoms with Crippen LogP contribution in [0.2, 0.25) is 10.0 Å². The fourth-order valence-electron chi connectivity index (χ4n) is 3.15. The fraction of sp³-hybridized carbons (Fsp3) is 0.500. The highest BCUT2D eigenvalue weighted by Crippen LogP contribution is 2.41. The first-order valence-electron chi connectivity index (χ1n) is 6.88. The Kier molecular flexibility index (Phi) is 3.56. The summed E-state index contributed by atoms with van der Waals surface area (Å²) in [5.74, 6) is -0.132. The number of carbonyl (C=O) groups is 1. The molecule has 0 aliphatic carbocycles. The van der Waals surface area contributed by atoms with Gasteiger partial charge in [0.25, 0.3) is 5.91 Å². The SMILES string of the molecule is CC[C@]12CCNCCN1c1ccc(Cl)c(Cl)c1C(=O)N2. The van der Waals surface area contributed by atoms with E-state index in [1.165, 1.54) is 0 Å². The first-order valence-corrected chi connectivity index (χ1v) is 7.63. The minimum Gasteiger partial charge on any atom is -0.347 e. The van der Waals surface area contributed by atoms with E-state index in [9.17, 15) is 4.79 Å². The zero-order valence-electron chi connectivity index (χ0n) is 11.3. The average Bonchev–Trinajstić information content (AvgIpc) is 2.65. The van der Waals surface area contributed by atoms with Crippen LogP contribution in [-0.4, -0.2) is 31.2 Å². The fourth-order valence-corrected chi connectivity index (χ4v) is 3.56. The Bertz CT molecular complexity index is 564. The minimum atomic E-state index is -0.329. The zero-order valence-corrected chi connectivity index (χ0v) is 12.8. The first kappa shape index (κ1) is 14.0. The summed E-state index contributed by atoms with van der Waals surface area (Å²) in [5, 5.41) is 7.28. The van der Waals surface area contributed by atoms with E-state index in [1.807, 2.05) is 6.07 Å². The number of rotatable bonds is 1. The molecule has 1 fully saturated rings. The van der Waals surface area contributed by atoms with Crippen LogP contribution < -0.4 is 15.5 Å². The summed E-state index contributed by atoms with van der Waals surface area (Å²) in [6.07, 6.45) is 1.72. The zero-order chi connectivity index (χ0) is 14.3. The molecule has 20 heavy (non-hydrogen) atoms. The lowest BCUT2D eigenvalue weighted by molar-refractivity contribution is 0.0873. The summed E-state index contributed by atoms with van der Waals surface area (Å²) in [6, 6.07) is 3.66. The van der Waals surface area contributed by atoms with Crippen molar-refractivity contribution in [3.63, 3.8) is 0 Å². The van der Waals surface area contributed by atoms with Gasteiger partial charge in [-0.1, -0.05) is 30.1 Å². The largest absolute Gasteiger partial charge is 0.347 e. The number of amides is 1. The van der Waals surface area contributed by atoms with E-state index in [0.29, 0.717) is 15.6 Å². The van der Waals surface area contributed by atoms with Gasteiger partial charge in [-0.15, -0.1) is 0 Å². The number of benzene rings is 1. The molecule has 2 aliphatic heterocycles. The molecule has 6 heteroatoms. The predicted octanol–water partition coefficient (Wildman–Crippen LogP) is 2.64. The van der Waals surface area contributed by atoms with Crippen molar-refractivity contribution < 1.29 is 4.79 Å². The number of carbonyl (C=O) groups excluding carboxylic acids is 1. The van der Waals surface area contributed by atoms with Crippen molar-refractivity contribution in [2.24, 2.45) is 0 Å². The molecule has 0 radical (unpaired) electrons. The van der Waals surface area contributed by atoms with E-state index in [2.05, 4.69) is 22.5 Å². The van der Waals surface area contributed by atoms with Crippen molar-refractivity contribution in [2.75, 3.05) is 24.5 Å². The van der Waals surface area contributed by atoms with E-state index >= 15 is 0 Å². The lowest BCUT2D eigenvalue weighted by Crippen LogP contribution is -2.64. The van der Waals surface area contributed by atoms with Gasteiger partial charge in [-0.05, 0) is 25.1 Å². The van der Waals surface area contributed by atoms with Crippen LogP contribution in [0, 0.1) is 0 Å². The maximum atomic E-state index is 12.5. The molecule has 1 aromatic carbocycles. The molecule has 0 unspecified atom stereocenters. The second kappa shape index (κ2) is 5.10. The van der Waals surface area contributed by atoms with Gasteiger partial charge in [0.1, 0.15) is 5.66 Å². The van der Waals surface area contributed by atoms with E-state index in [4.69, 9.17) is 23.2 Å². The molecular formula is C14H17Cl2N3O. The Morgan fingerprint density at radius 3 is 2.90 bits per heavy atom. The molecule has 2 N–H and O–H groups in total. The molecule has 0 aromatic heterocycles. The number of hydrogen-bond acceptors (Lipinski definition) is 3. The summed E-state index contributed by atoms with van der Waals surface area (Å²) in [5.41, 5.74) is 1.05. The van der Waals surface area contributed by atoms with Gasteiger partial charge >= 0.3 is 0 Å². The maximum Gasteiger partial charge on any atom is 0.256 e. The lowest BCUT2D eigenvalue weighted by Gasteiger charge is -2.48. The third-order valence-electron chi connectivity index (χ3n) is 4.27. The van der Waals surface area contributed by atoms with Gasteiger partial charge < -0.3 is 15.5 Å². The number of fused-ring (bicyclic) bond motifs is 3. The predicted molar refractivity (Wildman–Crippen MR) is 81.8 cm³/mol. The maximum absolute atomic E-state index is 12.5. The van der Waals surface area contributed by atoms with Crippen LogP contribution >= 0.6 is 23.2 Å². The normalized spacial score (nSPS) is 25.6. The summed E-state index contributed by atoms with van der Waals surface area (Å²) < 4.78 is 0. The number of hydrogen-bond donors (Lipinski definition) is 2. The Labute approximate surface area is 128 Å². The first-order chi connectivity index (χ1) is 9.59. The van der Waals surface area contributed by atoms with Crippen LogP contribution in [0.4, 0.5) is 5.69 Å². The van der Waals surface area contributed by atoms with Crippen molar-refractivity contribution in [1.29, 1.82) is 0 Å². The van der Waals surface area contributed by atoms with Crippen molar-refractivity contribution in [1.82, 2.24) is 10.6 Å². The molecule has 0 spiro atoms. The van der Waals surface area contributed by atoms with Crippen LogP contribution in [0.15, 0.2) is 12.1 Å². The van der Waals surface area contributed by atoms with E-state index in [-0.39, 0.29) is 11.6 Å². The van der Waals surface area contributed by atoms with E-state index in [0.717, 1.165) is 38.2 Å². The van der Waals surface area contributed by atoms with Crippen molar-refractivity contribution in [3.05, 3.63) is 27.7 Å². The molecule has 1 atom stereocenters. The number of nitrogens with one attached hydrogen (secondary N) is 2. The quantitative estimate of drug-likeness (QED) is 0.837. The highest BCUT2D eigenvalue weighted by molar-refractivity contribution is 6.44. The number of halogens is 2. The van der Waals surface area contributed by atoms with Gasteiger partial charge in [-0.25, -0.2) is 0 Å². The van der Waals surface area contributed by atoms with Crippen LogP contribution in [-0.2, 0) is 0 Å². The third-order valence-corrected chi connectivity index (χ3v) is 5.07. The number of nitrogens with zero attached hydrogens (tertiary/aromatic N) is 1. The molecular weight excluding hydrogens is 297 g/mol. The minimum absolute atomic E-state index is 0.132. The van der Waals surface area contributed by atoms with Gasteiger partial charge in [0.2, 0.25) is 0 Å². The molecule has 1 aromatic rings. The highest BCUT2D eigenvalue weighted by Gasteiger charge is 2.43. The Morgan fingerprint density at radius 1 is 1.35 bits per heavy atom. The molecule has 108 valence electrons. The average molecular weight is 314 g/mol. The monoisotopic (exact) mass is 313 g/mol. The molecule has 0 saturated carbocycles. The van der Waals surface area contributed by atoms with Gasteiger partial charge in [0.05, 0.1) is 21.3 Å². The Hall–Kier alpha value is -0.970. The topological polar surface area (TPSA) is 44.4 Å². The Balaban J connectivity index is 2.18. The molecule has 1 amide bonds. The van der Waals surface area contributed by atoms with Crippen molar-refractivity contribution in [3.8, 4) is 0 Å². The van der Waals surface area contributed by atoms with Crippen LogP contribution in [0.1, 0.15) is 30.1 Å². The molecule has 2 heterocycles.